The Kier molecular flexibility index (Phi) is 4.15. The molecule has 108 valence electrons. The van der Waals surface area contributed by atoms with Crippen molar-refractivity contribution in [3.63, 3.8) is 0 Å². The third-order valence-corrected chi connectivity index (χ3v) is 4.79. The summed E-state index contributed by atoms with van der Waals surface area (Å²) < 4.78 is 3.96. The summed E-state index contributed by atoms with van der Waals surface area (Å²) in [6.07, 6.45) is 0.710. The lowest BCUT2D eigenvalue weighted by molar-refractivity contribution is 0.680. The van der Waals surface area contributed by atoms with E-state index in [1.807, 2.05) is 42.1 Å². The number of hydrogen-bond acceptors (Lipinski definition) is 2. The molecule has 0 saturated heterocycles. The van der Waals surface area contributed by atoms with Crippen molar-refractivity contribution >= 4 is 42.8 Å². The molecular formula is C16H15Br2N3. The van der Waals surface area contributed by atoms with Crippen LogP contribution in [0, 0.1) is 0 Å². The third-order valence-electron chi connectivity index (χ3n) is 3.61. The largest absolute Gasteiger partial charge is 0.324 e. The molecule has 0 radical (unpaired) electrons. The number of aromatic nitrogens is 2. The van der Waals surface area contributed by atoms with Gasteiger partial charge in [-0.2, -0.15) is 5.10 Å². The smallest absolute Gasteiger partial charge is 0.0722 e. The molecule has 0 saturated carbocycles. The Hall–Kier alpha value is -1.17. The van der Waals surface area contributed by atoms with E-state index in [4.69, 9.17) is 5.73 Å². The Balaban J connectivity index is 1.94. The van der Waals surface area contributed by atoms with Crippen molar-refractivity contribution in [1.82, 2.24) is 9.78 Å². The Bertz CT molecular complexity index is 795. The van der Waals surface area contributed by atoms with Crippen LogP contribution in [0.4, 0.5) is 0 Å². The number of nitrogens with zero attached hydrogens (tertiary/aromatic N) is 2. The molecule has 1 atom stereocenters. The number of benzene rings is 2. The van der Waals surface area contributed by atoms with Gasteiger partial charge in [-0.05, 0) is 23.8 Å². The lowest BCUT2D eigenvalue weighted by atomic mass is 10.0. The van der Waals surface area contributed by atoms with Crippen molar-refractivity contribution in [2.45, 2.75) is 12.5 Å². The normalized spacial score (nSPS) is 12.8. The summed E-state index contributed by atoms with van der Waals surface area (Å²) in [6, 6.07) is 14.2. The summed E-state index contributed by atoms with van der Waals surface area (Å²) >= 11 is 7.04. The van der Waals surface area contributed by atoms with Gasteiger partial charge in [0.05, 0.1) is 11.2 Å². The van der Waals surface area contributed by atoms with Gasteiger partial charge in [-0.15, -0.1) is 0 Å². The summed E-state index contributed by atoms with van der Waals surface area (Å²) in [7, 11) is 1.97. The fourth-order valence-corrected chi connectivity index (χ4v) is 3.90. The van der Waals surface area contributed by atoms with Crippen LogP contribution < -0.4 is 5.73 Å². The van der Waals surface area contributed by atoms with Gasteiger partial charge in [-0.1, -0.05) is 56.1 Å². The van der Waals surface area contributed by atoms with Crippen LogP contribution in [0.25, 0.3) is 10.9 Å². The van der Waals surface area contributed by atoms with E-state index in [1.165, 1.54) is 5.39 Å². The molecule has 5 heteroatoms. The first-order valence-electron chi connectivity index (χ1n) is 6.67. The number of rotatable bonds is 3. The predicted octanol–water partition coefficient (Wildman–Crippen LogP) is 4.34. The highest BCUT2D eigenvalue weighted by molar-refractivity contribution is 9.11. The zero-order chi connectivity index (χ0) is 15.0. The van der Waals surface area contributed by atoms with E-state index in [-0.39, 0.29) is 6.04 Å². The topological polar surface area (TPSA) is 43.8 Å². The van der Waals surface area contributed by atoms with Crippen LogP contribution in [0.15, 0.2) is 51.4 Å². The maximum absolute atomic E-state index is 6.38. The van der Waals surface area contributed by atoms with E-state index >= 15 is 0 Å². The predicted molar refractivity (Wildman–Crippen MR) is 93.2 cm³/mol. The second-order valence-corrected chi connectivity index (χ2v) is 6.83. The molecule has 0 aliphatic carbocycles. The number of halogens is 2. The maximum atomic E-state index is 6.38. The standard InChI is InChI=1S/C16H15Br2N3/c1-21-16-5-3-2-4-12(16)15(20-21)9-14(19)11-7-6-10(17)8-13(11)18/h2-8,14H,9,19H2,1H3. The zero-order valence-corrected chi connectivity index (χ0v) is 14.7. The highest BCUT2D eigenvalue weighted by Gasteiger charge is 2.15. The van der Waals surface area contributed by atoms with Crippen LogP contribution in [-0.4, -0.2) is 9.78 Å². The molecule has 0 amide bonds. The summed E-state index contributed by atoms with van der Waals surface area (Å²) in [5, 5.41) is 5.78. The van der Waals surface area contributed by atoms with E-state index in [0.29, 0.717) is 6.42 Å². The van der Waals surface area contributed by atoms with Crippen molar-refractivity contribution in [3.8, 4) is 0 Å². The van der Waals surface area contributed by atoms with E-state index in [2.05, 4.69) is 49.1 Å². The first-order valence-corrected chi connectivity index (χ1v) is 8.26. The van der Waals surface area contributed by atoms with Gasteiger partial charge in [-0.25, -0.2) is 0 Å². The molecule has 1 unspecified atom stereocenters. The minimum Gasteiger partial charge on any atom is -0.324 e. The lowest BCUT2D eigenvalue weighted by Gasteiger charge is -2.13. The van der Waals surface area contributed by atoms with Crippen molar-refractivity contribution in [2.24, 2.45) is 12.8 Å². The van der Waals surface area contributed by atoms with E-state index in [0.717, 1.165) is 25.7 Å². The molecule has 0 aliphatic rings. The van der Waals surface area contributed by atoms with E-state index in [1.54, 1.807) is 0 Å². The van der Waals surface area contributed by atoms with E-state index in [9.17, 15) is 0 Å². The van der Waals surface area contributed by atoms with Crippen LogP contribution in [0.1, 0.15) is 17.3 Å². The lowest BCUT2D eigenvalue weighted by Crippen LogP contribution is -2.14. The second-order valence-electron chi connectivity index (χ2n) is 5.06. The molecule has 2 aromatic carbocycles. The Morgan fingerprint density at radius 2 is 1.95 bits per heavy atom. The molecular weight excluding hydrogens is 394 g/mol. The number of nitrogens with two attached hydrogens (primary N) is 1. The first kappa shape index (κ1) is 14.8. The fourth-order valence-electron chi connectivity index (χ4n) is 2.56. The Morgan fingerprint density at radius 3 is 2.71 bits per heavy atom. The third kappa shape index (κ3) is 2.91. The quantitative estimate of drug-likeness (QED) is 0.700. The van der Waals surface area contributed by atoms with Crippen LogP contribution in [0.2, 0.25) is 0 Å². The molecule has 1 aromatic heterocycles. The number of para-hydroxylation sites is 1. The van der Waals surface area contributed by atoms with Gasteiger partial charge in [0, 0.05) is 33.8 Å². The van der Waals surface area contributed by atoms with Gasteiger partial charge in [0.1, 0.15) is 0 Å². The highest BCUT2D eigenvalue weighted by atomic mass is 79.9. The molecule has 0 aliphatic heterocycles. The van der Waals surface area contributed by atoms with Crippen molar-refractivity contribution in [1.29, 1.82) is 0 Å². The molecule has 3 nitrogen and oxygen atoms in total. The number of aryl methyl sites for hydroxylation is 1. The van der Waals surface area contributed by atoms with Gasteiger partial charge < -0.3 is 5.73 Å². The first-order chi connectivity index (χ1) is 10.1. The monoisotopic (exact) mass is 407 g/mol. The van der Waals surface area contributed by atoms with Gasteiger partial charge in [-0.3, -0.25) is 4.68 Å². The minimum absolute atomic E-state index is 0.0919. The SMILES string of the molecule is Cn1nc(CC(N)c2ccc(Br)cc2Br)c2ccccc21. The van der Waals surface area contributed by atoms with Gasteiger partial charge in [0.2, 0.25) is 0 Å². The Labute approximate surface area is 140 Å². The maximum Gasteiger partial charge on any atom is 0.0722 e. The number of hydrogen-bond donors (Lipinski definition) is 1. The van der Waals surface area contributed by atoms with Crippen LogP contribution in [0.3, 0.4) is 0 Å². The average Bonchev–Trinajstić information content (AvgIpc) is 2.76. The second kappa shape index (κ2) is 5.91. The average molecular weight is 409 g/mol. The van der Waals surface area contributed by atoms with Crippen molar-refractivity contribution in [3.05, 3.63) is 62.7 Å². The summed E-state index contributed by atoms with van der Waals surface area (Å²) in [6.45, 7) is 0. The van der Waals surface area contributed by atoms with Gasteiger partial charge in [0.15, 0.2) is 0 Å². The fraction of sp³-hybridized carbons (Fsp3) is 0.188. The summed E-state index contributed by atoms with van der Waals surface area (Å²) in [5.41, 5.74) is 9.65. The van der Waals surface area contributed by atoms with Gasteiger partial charge in [0.25, 0.3) is 0 Å². The summed E-state index contributed by atoms with van der Waals surface area (Å²) in [4.78, 5) is 0. The van der Waals surface area contributed by atoms with Crippen LogP contribution in [-0.2, 0) is 13.5 Å². The molecule has 2 N–H and O–H groups in total. The highest BCUT2D eigenvalue weighted by Crippen LogP contribution is 2.29. The van der Waals surface area contributed by atoms with Gasteiger partial charge >= 0.3 is 0 Å². The Morgan fingerprint density at radius 1 is 1.19 bits per heavy atom. The van der Waals surface area contributed by atoms with Crippen LogP contribution in [0.5, 0.6) is 0 Å². The molecule has 0 fully saturated rings. The zero-order valence-electron chi connectivity index (χ0n) is 11.6. The molecule has 21 heavy (non-hydrogen) atoms. The molecule has 0 spiro atoms. The van der Waals surface area contributed by atoms with E-state index < -0.39 is 0 Å². The minimum atomic E-state index is -0.0919. The molecule has 3 rings (SSSR count). The molecule has 3 aromatic rings. The van der Waals surface area contributed by atoms with Crippen molar-refractivity contribution in [2.75, 3.05) is 0 Å². The number of fused-ring (bicyclic) bond motifs is 1. The van der Waals surface area contributed by atoms with Crippen molar-refractivity contribution < 1.29 is 0 Å². The van der Waals surface area contributed by atoms with Crippen LogP contribution >= 0.6 is 31.9 Å². The molecule has 0 bridgehead atoms. The summed E-state index contributed by atoms with van der Waals surface area (Å²) in [5.74, 6) is 0. The molecule has 1 heterocycles.